The van der Waals surface area contributed by atoms with Crippen molar-refractivity contribution < 1.29 is 19.0 Å². The highest BCUT2D eigenvalue weighted by molar-refractivity contribution is 6.16. The zero-order valence-electron chi connectivity index (χ0n) is 25.7. The van der Waals surface area contributed by atoms with Gasteiger partial charge in [-0.25, -0.2) is 14.3 Å². The molecular formula is C34H39FN6O4. The molecule has 1 saturated carbocycles. The van der Waals surface area contributed by atoms with Crippen molar-refractivity contribution in [3.8, 4) is 11.1 Å². The van der Waals surface area contributed by atoms with E-state index in [4.69, 9.17) is 4.74 Å². The number of aryl methyl sites for hydroxylation is 1. The summed E-state index contributed by atoms with van der Waals surface area (Å²) in [5.74, 6) is 0.383. The molecule has 3 heterocycles. The van der Waals surface area contributed by atoms with Crippen molar-refractivity contribution in [3.63, 3.8) is 0 Å². The van der Waals surface area contributed by atoms with Gasteiger partial charge in [0, 0.05) is 23.6 Å². The van der Waals surface area contributed by atoms with Crippen LogP contribution in [0.15, 0.2) is 64.8 Å². The first-order valence-corrected chi connectivity index (χ1v) is 15.7. The molecule has 1 amide bonds. The van der Waals surface area contributed by atoms with Gasteiger partial charge in [0.2, 0.25) is 11.7 Å². The lowest BCUT2D eigenvalue weighted by Crippen LogP contribution is -2.38. The van der Waals surface area contributed by atoms with E-state index in [0.717, 1.165) is 34.4 Å². The van der Waals surface area contributed by atoms with Crippen LogP contribution >= 0.6 is 0 Å². The minimum Gasteiger partial charge on any atom is -0.385 e. The largest absolute Gasteiger partial charge is 0.385 e. The summed E-state index contributed by atoms with van der Waals surface area (Å²) in [5.41, 5.74) is 6.98. The Bertz CT molecular complexity index is 1770. The number of hydrogen-bond donors (Lipinski definition) is 2. The molecule has 0 bridgehead atoms. The Morgan fingerprint density at radius 1 is 1.09 bits per heavy atom. The predicted octanol–water partition coefficient (Wildman–Crippen LogP) is 4.55. The first-order valence-electron chi connectivity index (χ1n) is 15.7. The van der Waals surface area contributed by atoms with Gasteiger partial charge in [0.15, 0.2) is 0 Å². The second-order valence-electron chi connectivity index (χ2n) is 12.4. The summed E-state index contributed by atoms with van der Waals surface area (Å²) in [6.07, 6.45) is 6.22. The lowest BCUT2D eigenvalue weighted by Gasteiger charge is -2.32. The number of benzene rings is 2. The van der Waals surface area contributed by atoms with Gasteiger partial charge >= 0.3 is 0 Å². The summed E-state index contributed by atoms with van der Waals surface area (Å²) in [6.45, 7) is 2.57. The van der Waals surface area contributed by atoms with Gasteiger partial charge in [-0.05, 0) is 61.8 Å². The van der Waals surface area contributed by atoms with Crippen LogP contribution in [0, 0.1) is 0 Å². The Morgan fingerprint density at radius 2 is 1.87 bits per heavy atom. The predicted molar refractivity (Wildman–Crippen MR) is 169 cm³/mol. The second-order valence-corrected chi connectivity index (χ2v) is 12.4. The number of aromatic nitrogens is 4. The van der Waals surface area contributed by atoms with Gasteiger partial charge in [-0.1, -0.05) is 55.8 Å². The number of alkyl halides is 1. The van der Waals surface area contributed by atoms with Crippen molar-refractivity contribution in [3.05, 3.63) is 87.6 Å². The third-order valence-electron chi connectivity index (χ3n) is 8.74. The van der Waals surface area contributed by atoms with Crippen LogP contribution in [0.3, 0.4) is 0 Å². The van der Waals surface area contributed by atoms with E-state index in [1.807, 2.05) is 53.0 Å². The summed E-state index contributed by atoms with van der Waals surface area (Å²) in [6, 6.07) is 16.0. The number of rotatable bonds is 11. The summed E-state index contributed by atoms with van der Waals surface area (Å²) >= 11 is 0. The van der Waals surface area contributed by atoms with Crippen LogP contribution in [0.5, 0.6) is 0 Å². The molecule has 4 aromatic rings. The first-order chi connectivity index (χ1) is 21.8. The van der Waals surface area contributed by atoms with E-state index < -0.39 is 12.3 Å². The first kappa shape index (κ1) is 30.8. The van der Waals surface area contributed by atoms with Crippen LogP contribution in [0.4, 0.5) is 4.39 Å². The molecule has 6 rings (SSSR count). The molecule has 0 radical (unpaired) electrons. The van der Waals surface area contributed by atoms with Gasteiger partial charge in [0.05, 0.1) is 30.5 Å². The van der Waals surface area contributed by atoms with Gasteiger partial charge in [-0.2, -0.15) is 15.2 Å². The van der Waals surface area contributed by atoms with Crippen LogP contribution in [0.25, 0.3) is 16.9 Å². The molecule has 1 aliphatic carbocycles. The molecule has 1 atom stereocenters. The number of nitrogens with one attached hydrogen (secondary N) is 1. The topological polar surface area (TPSA) is 123 Å². The third-order valence-corrected chi connectivity index (χ3v) is 8.74. The minimum absolute atomic E-state index is 0.0647. The molecule has 2 aromatic heterocycles. The number of nitrogens with zero attached hydrogens (tertiary/aromatic N) is 5. The van der Waals surface area contributed by atoms with E-state index in [1.165, 1.54) is 13.3 Å². The maximum Gasteiger partial charge on any atom is 0.259 e. The molecule has 1 aliphatic heterocycles. The molecule has 2 aromatic carbocycles. The van der Waals surface area contributed by atoms with Crippen LogP contribution in [-0.2, 0) is 22.4 Å². The maximum atomic E-state index is 14.4. The zero-order valence-corrected chi connectivity index (χ0v) is 25.7. The average molecular weight is 615 g/mol. The van der Waals surface area contributed by atoms with Gasteiger partial charge in [0.25, 0.3) is 5.56 Å². The fourth-order valence-corrected chi connectivity index (χ4v) is 6.41. The Hall–Kier alpha value is -4.22. The van der Waals surface area contributed by atoms with E-state index in [1.54, 1.807) is 4.57 Å². The van der Waals surface area contributed by atoms with Crippen molar-refractivity contribution in [2.45, 2.75) is 83.0 Å². The number of fused-ring (bicyclic) bond motifs is 1. The summed E-state index contributed by atoms with van der Waals surface area (Å²) in [5, 5.41) is 18.9. The van der Waals surface area contributed by atoms with E-state index >= 15 is 0 Å². The zero-order chi connectivity index (χ0) is 31.6. The average Bonchev–Trinajstić information content (AvgIpc) is 3.72. The molecule has 2 N–H and O–H groups in total. The SMILES string of the molecule is CCCc1c(Cc2ccc(-c3ccccc3)c(C3=NNC(=O)C3)c2)c(=O)n(C2CCC(OCC(C)(O)CF)CC2)c2ncnn12. The normalized spacial score (nSPS) is 19.8. The number of hydrogen-bond acceptors (Lipinski definition) is 7. The minimum atomic E-state index is -1.50. The number of hydrazone groups is 1. The third kappa shape index (κ3) is 6.46. The van der Waals surface area contributed by atoms with Crippen LogP contribution in [0.1, 0.15) is 80.8 Å². The van der Waals surface area contributed by atoms with Crippen molar-refractivity contribution >= 4 is 17.4 Å². The molecule has 0 spiro atoms. The number of ether oxygens (including phenoxy) is 1. The Morgan fingerprint density at radius 3 is 2.56 bits per heavy atom. The molecule has 45 heavy (non-hydrogen) atoms. The highest BCUT2D eigenvalue weighted by Gasteiger charge is 2.30. The monoisotopic (exact) mass is 614 g/mol. The second kappa shape index (κ2) is 13.0. The molecule has 0 saturated heterocycles. The molecule has 2 aliphatic rings. The van der Waals surface area contributed by atoms with Gasteiger partial charge in [-0.3, -0.25) is 14.2 Å². The van der Waals surface area contributed by atoms with Crippen LogP contribution in [-0.4, -0.2) is 60.9 Å². The molecule has 1 unspecified atom stereocenters. The molecule has 236 valence electrons. The highest BCUT2D eigenvalue weighted by atomic mass is 19.1. The lowest BCUT2D eigenvalue weighted by molar-refractivity contribution is -0.119. The van der Waals surface area contributed by atoms with Crippen LogP contribution in [0.2, 0.25) is 0 Å². The van der Waals surface area contributed by atoms with Crippen LogP contribution < -0.4 is 11.0 Å². The highest BCUT2D eigenvalue weighted by Crippen LogP contribution is 2.32. The van der Waals surface area contributed by atoms with Gasteiger partial charge < -0.3 is 9.84 Å². The van der Waals surface area contributed by atoms with Crippen molar-refractivity contribution in [2.75, 3.05) is 13.3 Å². The van der Waals surface area contributed by atoms with E-state index in [9.17, 15) is 19.1 Å². The number of aliphatic hydroxyl groups is 1. The smallest absolute Gasteiger partial charge is 0.259 e. The standard InChI is InChI=1S/C34H39FN6O4/c1-3-7-30-28(17-22-10-15-26(23-8-5-4-6-9-23)27(16-22)29-18-31(42)39-38-29)32(43)40(33-36-21-37-41(30)33)24-11-13-25(14-12-24)45-20-34(2,44)19-35/h4-6,8-10,15-16,21,24-25,44H,3,7,11-14,17-20H2,1-2H3,(H,39,42). The van der Waals surface area contributed by atoms with Crippen molar-refractivity contribution in [2.24, 2.45) is 5.10 Å². The lowest BCUT2D eigenvalue weighted by atomic mass is 9.91. The number of halogens is 1. The number of amides is 1. The molecule has 10 nitrogen and oxygen atoms in total. The maximum absolute atomic E-state index is 14.4. The van der Waals surface area contributed by atoms with Gasteiger partial charge in [-0.15, -0.1) is 0 Å². The molecule has 1 fully saturated rings. The van der Waals surface area contributed by atoms with E-state index in [-0.39, 0.29) is 36.6 Å². The van der Waals surface area contributed by atoms with Crippen molar-refractivity contribution in [1.29, 1.82) is 0 Å². The van der Waals surface area contributed by atoms with Crippen molar-refractivity contribution in [1.82, 2.24) is 24.6 Å². The quantitative estimate of drug-likeness (QED) is 0.256. The summed E-state index contributed by atoms with van der Waals surface area (Å²) < 4.78 is 22.5. The Kier molecular flexibility index (Phi) is 8.91. The Labute approximate surface area is 261 Å². The van der Waals surface area contributed by atoms with E-state index in [0.29, 0.717) is 55.6 Å². The Balaban J connectivity index is 1.35. The fraction of sp³-hybridized carbons (Fsp3) is 0.441. The summed E-state index contributed by atoms with van der Waals surface area (Å²) in [7, 11) is 0. The summed E-state index contributed by atoms with van der Waals surface area (Å²) in [4.78, 5) is 31.0. The number of carbonyl (C=O) groups excluding carboxylic acids is 1. The fourth-order valence-electron chi connectivity index (χ4n) is 6.41. The van der Waals surface area contributed by atoms with E-state index in [2.05, 4.69) is 27.5 Å². The molecule has 11 heteroatoms. The van der Waals surface area contributed by atoms with Gasteiger partial charge in [0.1, 0.15) is 18.6 Å². The number of carbonyl (C=O) groups is 1. The molecular weight excluding hydrogens is 575 g/mol.